The van der Waals surface area contributed by atoms with Gasteiger partial charge >= 0.3 is 5.97 Å². The number of hydrogen-bond acceptors (Lipinski definition) is 2. The highest BCUT2D eigenvalue weighted by Gasteiger charge is 2.13. The fourth-order valence-electron chi connectivity index (χ4n) is 2.86. The Balaban J connectivity index is 1.73. The summed E-state index contributed by atoms with van der Waals surface area (Å²) in [6, 6.07) is 16.3. The van der Waals surface area contributed by atoms with Gasteiger partial charge in [-0.3, -0.25) is 0 Å². The molecule has 0 aliphatic heterocycles. The van der Waals surface area contributed by atoms with Crippen molar-refractivity contribution in [3.8, 4) is 22.7 Å². The summed E-state index contributed by atoms with van der Waals surface area (Å²) in [7, 11) is 0. The first kappa shape index (κ1) is 15.5. The van der Waals surface area contributed by atoms with E-state index in [2.05, 4.69) is 4.98 Å². The Hall–Kier alpha value is -2.98. The SMILES string of the molecule is Cc1ccc(Cl)c2cc(-c3ccc(-c4ccc(C(=O)O)cc4)[nH]3)oc12. The number of aromatic carboxylic acids is 1. The fourth-order valence-corrected chi connectivity index (χ4v) is 3.06. The Kier molecular flexibility index (Phi) is 3.62. The van der Waals surface area contributed by atoms with Crippen LogP contribution in [0.25, 0.3) is 33.7 Å². The Morgan fingerprint density at radius 3 is 2.44 bits per heavy atom. The number of benzene rings is 2. The van der Waals surface area contributed by atoms with Crippen LogP contribution in [-0.4, -0.2) is 16.1 Å². The Labute approximate surface area is 148 Å². The maximum atomic E-state index is 10.9. The number of carboxylic acids is 1. The fraction of sp³-hybridized carbons (Fsp3) is 0.0500. The Bertz CT molecular complexity index is 1050. The summed E-state index contributed by atoms with van der Waals surface area (Å²) in [5.41, 5.74) is 4.70. The quantitative estimate of drug-likeness (QED) is 0.493. The van der Waals surface area contributed by atoms with Gasteiger partial charge in [0, 0.05) is 11.1 Å². The zero-order valence-electron chi connectivity index (χ0n) is 13.3. The Morgan fingerprint density at radius 2 is 1.76 bits per heavy atom. The number of aromatic nitrogens is 1. The van der Waals surface area contributed by atoms with Crippen LogP contribution in [0.2, 0.25) is 5.02 Å². The van der Waals surface area contributed by atoms with Gasteiger partial charge in [0.1, 0.15) is 5.58 Å². The first-order valence-corrected chi connectivity index (χ1v) is 8.12. The van der Waals surface area contributed by atoms with Crippen LogP contribution in [0.15, 0.2) is 59.0 Å². The van der Waals surface area contributed by atoms with Crippen LogP contribution < -0.4 is 0 Å². The van der Waals surface area contributed by atoms with Crippen molar-refractivity contribution in [3.05, 3.63) is 70.7 Å². The lowest BCUT2D eigenvalue weighted by atomic mass is 10.1. The molecule has 0 atom stereocenters. The molecule has 25 heavy (non-hydrogen) atoms. The van der Waals surface area contributed by atoms with E-state index < -0.39 is 5.97 Å². The number of rotatable bonds is 3. The number of furan rings is 1. The van der Waals surface area contributed by atoms with Crippen LogP contribution in [0, 0.1) is 6.92 Å². The van der Waals surface area contributed by atoms with Crippen LogP contribution in [0.1, 0.15) is 15.9 Å². The Morgan fingerprint density at radius 1 is 1.04 bits per heavy atom. The van der Waals surface area contributed by atoms with Crippen molar-refractivity contribution in [1.29, 1.82) is 0 Å². The van der Waals surface area contributed by atoms with Crippen molar-refractivity contribution >= 4 is 28.5 Å². The smallest absolute Gasteiger partial charge is 0.335 e. The van der Waals surface area contributed by atoms with Crippen LogP contribution in [0.3, 0.4) is 0 Å². The second-order valence-electron chi connectivity index (χ2n) is 5.89. The number of aryl methyl sites for hydroxylation is 1. The third kappa shape index (κ3) is 2.71. The van der Waals surface area contributed by atoms with Crippen molar-refractivity contribution in [2.45, 2.75) is 6.92 Å². The summed E-state index contributed by atoms with van der Waals surface area (Å²) >= 11 is 6.25. The monoisotopic (exact) mass is 351 g/mol. The van der Waals surface area contributed by atoms with E-state index in [1.165, 1.54) is 0 Å². The summed E-state index contributed by atoms with van der Waals surface area (Å²) in [5.74, 6) is -0.229. The normalized spacial score (nSPS) is 11.1. The molecular weight excluding hydrogens is 338 g/mol. The molecule has 0 saturated carbocycles. The highest BCUT2D eigenvalue weighted by Crippen LogP contribution is 2.34. The van der Waals surface area contributed by atoms with Gasteiger partial charge in [0.2, 0.25) is 0 Å². The number of hydrogen-bond donors (Lipinski definition) is 2. The molecule has 0 aliphatic rings. The predicted molar refractivity (Wildman–Crippen MR) is 98.1 cm³/mol. The lowest BCUT2D eigenvalue weighted by molar-refractivity contribution is 0.0697. The molecule has 4 aromatic rings. The number of carbonyl (C=O) groups is 1. The molecule has 4 nitrogen and oxygen atoms in total. The number of fused-ring (bicyclic) bond motifs is 1. The average molecular weight is 352 g/mol. The molecule has 124 valence electrons. The van der Waals surface area contributed by atoms with Crippen molar-refractivity contribution in [3.63, 3.8) is 0 Å². The van der Waals surface area contributed by atoms with Crippen molar-refractivity contribution in [2.24, 2.45) is 0 Å². The van der Waals surface area contributed by atoms with E-state index in [0.29, 0.717) is 10.8 Å². The highest BCUT2D eigenvalue weighted by atomic mass is 35.5. The number of halogens is 1. The van der Waals surface area contributed by atoms with Gasteiger partial charge in [-0.2, -0.15) is 0 Å². The molecule has 0 unspecified atom stereocenters. The van der Waals surface area contributed by atoms with Gasteiger partial charge in [-0.1, -0.05) is 29.8 Å². The topological polar surface area (TPSA) is 66.2 Å². The van der Waals surface area contributed by atoms with E-state index in [4.69, 9.17) is 21.1 Å². The van der Waals surface area contributed by atoms with Gasteiger partial charge in [-0.25, -0.2) is 4.79 Å². The molecule has 4 rings (SSSR count). The summed E-state index contributed by atoms with van der Waals surface area (Å²) in [6.45, 7) is 1.98. The summed E-state index contributed by atoms with van der Waals surface area (Å²) in [4.78, 5) is 14.3. The van der Waals surface area contributed by atoms with Gasteiger partial charge in [-0.15, -0.1) is 0 Å². The zero-order valence-corrected chi connectivity index (χ0v) is 14.1. The summed E-state index contributed by atoms with van der Waals surface area (Å²) < 4.78 is 5.97. The van der Waals surface area contributed by atoms with E-state index >= 15 is 0 Å². The second kappa shape index (κ2) is 5.83. The number of nitrogens with one attached hydrogen (secondary N) is 1. The molecule has 0 aliphatic carbocycles. The molecule has 5 heteroatoms. The van der Waals surface area contributed by atoms with E-state index in [0.717, 1.165) is 33.5 Å². The van der Waals surface area contributed by atoms with Crippen LogP contribution >= 0.6 is 11.6 Å². The molecular formula is C20H14ClNO3. The molecule has 0 spiro atoms. The lowest BCUT2D eigenvalue weighted by Crippen LogP contribution is -1.94. The maximum Gasteiger partial charge on any atom is 0.335 e. The van der Waals surface area contributed by atoms with Crippen molar-refractivity contribution in [2.75, 3.05) is 0 Å². The van der Waals surface area contributed by atoms with E-state index in [9.17, 15) is 4.79 Å². The second-order valence-corrected chi connectivity index (χ2v) is 6.29. The average Bonchev–Trinajstić information content (AvgIpc) is 3.26. The van der Waals surface area contributed by atoms with Crippen molar-refractivity contribution < 1.29 is 14.3 Å². The first-order valence-electron chi connectivity index (χ1n) is 7.75. The number of H-pyrrole nitrogens is 1. The maximum absolute atomic E-state index is 10.9. The summed E-state index contributed by atoms with van der Waals surface area (Å²) in [6.07, 6.45) is 0. The van der Waals surface area contributed by atoms with Gasteiger partial charge in [0.05, 0.1) is 16.3 Å². The van der Waals surface area contributed by atoms with Crippen LogP contribution in [0.5, 0.6) is 0 Å². The molecule has 0 fully saturated rings. The van der Waals surface area contributed by atoms with Crippen molar-refractivity contribution in [1.82, 2.24) is 4.98 Å². The van der Waals surface area contributed by atoms with E-state index in [1.54, 1.807) is 24.3 Å². The first-order chi connectivity index (χ1) is 12.0. The molecule has 0 saturated heterocycles. The molecule has 2 aromatic carbocycles. The van der Waals surface area contributed by atoms with E-state index in [-0.39, 0.29) is 5.56 Å². The molecule has 2 heterocycles. The molecule has 0 radical (unpaired) electrons. The minimum absolute atomic E-state index is 0.262. The van der Waals surface area contributed by atoms with Gasteiger partial charge in [0.25, 0.3) is 0 Å². The molecule has 2 aromatic heterocycles. The summed E-state index contributed by atoms with van der Waals surface area (Å²) in [5, 5.41) is 10.5. The standard InChI is InChI=1S/C20H14ClNO3/c1-11-2-7-15(21)14-10-18(25-19(11)14)17-9-8-16(22-17)12-3-5-13(6-4-12)20(23)24/h2-10,22H,1H3,(H,23,24). The molecule has 0 amide bonds. The van der Waals surface area contributed by atoms with Crippen LogP contribution in [-0.2, 0) is 0 Å². The molecule has 0 bridgehead atoms. The van der Waals surface area contributed by atoms with E-state index in [1.807, 2.05) is 37.3 Å². The van der Waals surface area contributed by atoms with Gasteiger partial charge in [-0.05, 0) is 54.4 Å². The zero-order chi connectivity index (χ0) is 17.6. The predicted octanol–water partition coefficient (Wildman–Crippen LogP) is 5.75. The van der Waals surface area contributed by atoms with Gasteiger partial charge < -0.3 is 14.5 Å². The lowest BCUT2D eigenvalue weighted by Gasteiger charge is -1.99. The van der Waals surface area contributed by atoms with Gasteiger partial charge in [0.15, 0.2) is 5.76 Å². The minimum atomic E-state index is -0.937. The number of carboxylic acid groups (broad SMARTS) is 1. The molecule has 2 N–H and O–H groups in total. The van der Waals surface area contributed by atoms with Crippen LogP contribution in [0.4, 0.5) is 0 Å². The third-order valence-electron chi connectivity index (χ3n) is 4.22. The number of aromatic amines is 1. The highest BCUT2D eigenvalue weighted by molar-refractivity contribution is 6.35. The minimum Gasteiger partial charge on any atom is -0.478 e. The third-order valence-corrected chi connectivity index (χ3v) is 4.55. The largest absolute Gasteiger partial charge is 0.478 e.